The van der Waals surface area contributed by atoms with Crippen LogP contribution < -0.4 is 18.9 Å². The second kappa shape index (κ2) is 5.00. The van der Waals surface area contributed by atoms with Crippen molar-refractivity contribution in [3.8, 4) is 11.1 Å². The van der Waals surface area contributed by atoms with Crippen LogP contribution in [-0.4, -0.2) is 0 Å². The van der Waals surface area contributed by atoms with Crippen molar-refractivity contribution in [2.24, 2.45) is 0 Å². The van der Waals surface area contributed by atoms with Gasteiger partial charge >= 0.3 is 18.9 Å². The van der Waals surface area contributed by atoms with Gasteiger partial charge in [-0.15, -0.1) is 17.7 Å². The summed E-state index contributed by atoms with van der Waals surface area (Å²) >= 11 is 0. The zero-order valence-electron chi connectivity index (χ0n) is 8.00. The summed E-state index contributed by atoms with van der Waals surface area (Å²) in [5.74, 6) is -0.320. The number of hydrogen-bond acceptors (Lipinski definition) is 0. The van der Waals surface area contributed by atoms with E-state index in [4.69, 9.17) is 0 Å². The molecule has 0 bridgehead atoms. The fraction of sp³-hybridized carbons (Fsp3) is 0. The van der Waals surface area contributed by atoms with Crippen LogP contribution in [0.1, 0.15) is 0 Å². The fourth-order valence-electron chi connectivity index (χ4n) is 1.22. The molecule has 0 aromatic heterocycles. The third kappa shape index (κ3) is 2.48. The third-order valence-electron chi connectivity index (χ3n) is 1.88. The first kappa shape index (κ1) is 11.0. The van der Waals surface area contributed by atoms with Crippen LogP contribution in [0, 0.1) is 11.9 Å². The topological polar surface area (TPSA) is 0 Å². The van der Waals surface area contributed by atoms with Gasteiger partial charge in [0.1, 0.15) is 0 Å². The molecule has 2 heteroatoms. The first-order valence-electron chi connectivity index (χ1n) is 4.09. The molecule has 0 radical (unpaired) electrons. The first-order valence-corrected chi connectivity index (χ1v) is 4.09. The molecule has 0 aliphatic heterocycles. The fourth-order valence-corrected chi connectivity index (χ4v) is 1.22. The van der Waals surface area contributed by atoms with Gasteiger partial charge in [0.25, 0.3) is 0 Å². The largest absolute Gasteiger partial charge is 1.00 e. The van der Waals surface area contributed by atoms with E-state index in [9.17, 15) is 4.39 Å². The molecule has 0 heterocycles. The van der Waals surface area contributed by atoms with Crippen LogP contribution in [-0.2, 0) is 0 Å². The van der Waals surface area contributed by atoms with Gasteiger partial charge in [-0.25, -0.2) is 4.39 Å². The molecule has 0 amide bonds. The Bertz CT molecular complexity index is 381. The molecule has 2 rings (SSSR count). The second-order valence-corrected chi connectivity index (χ2v) is 2.79. The summed E-state index contributed by atoms with van der Waals surface area (Å²) in [6.07, 6.45) is 0. The Hall–Kier alpha value is -1.03. The summed E-state index contributed by atoms with van der Waals surface area (Å²) in [5, 5.41) is 0. The van der Waals surface area contributed by atoms with Crippen molar-refractivity contribution in [2.45, 2.75) is 0 Å². The Morgan fingerprint density at radius 3 is 2.14 bits per heavy atom. The molecular weight excluding hydrogens is 170 g/mol. The summed E-state index contributed by atoms with van der Waals surface area (Å²) in [6, 6.07) is 17.2. The van der Waals surface area contributed by atoms with Crippen molar-refractivity contribution in [1.82, 2.24) is 0 Å². The van der Waals surface area contributed by atoms with Crippen LogP contribution in [0.25, 0.3) is 11.1 Å². The van der Waals surface area contributed by atoms with Crippen LogP contribution in [0.4, 0.5) is 4.39 Å². The van der Waals surface area contributed by atoms with E-state index in [0.29, 0.717) is 0 Å². The van der Waals surface area contributed by atoms with Crippen molar-refractivity contribution in [3.05, 3.63) is 60.4 Å². The van der Waals surface area contributed by atoms with E-state index in [-0.39, 0.29) is 24.7 Å². The number of rotatable bonds is 1. The first-order chi connectivity index (χ1) is 6.36. The molecule has 0 saturated heterocycles. The number of hydrogen-bond donors (Lipinski definition) is 0. The SMILES string of the molecule is Fc1[c-]cc(-c2ccccc2)cc1.[Li+]. The Kier molecular flexibility index (Phi) is 3.94. The molecule has 14 heavy (non-hydrogen) atoms. The van der Waals surface area contributed by atoms with Crippen LogP contribution in [0.3, 0.4) is 0 Å². The monoisotopic (exact) mass is 178 g/mol. The van der Waals surface area contributed by atoms with Gasteiger partial charge in [-0.2, -0.15) is 12.1 Å². The molecule has 0 N–H and O–H groups in total. The molecule has 64 valence electrons. The summed E-state index contributed by atoms with van der Waals surface area (Å²) in [4.78, 5) is 0. The third-order valence-corrected chi connectivity index (χ3v) is 1.88. The van der Waals surface area contributed by atoms with Gasteiger partial charge in [0.05, 0.1) is 0 Å². The van der Waals surface area contributed by atoms with E-state index >= 15 is 0 Å². The average molecular weight is 178 g/mol. The standard InChI is InChI=1S/C12H8F.Li/c13-12-8-6-11(7-9-12)10-4-2-1-3-5-10;/h1-8H;/q-1;+1. The molecule has 0 atom stereocenters. The van der Waals surface area contributed by atoms with Gasteiger partial charge in [-0.3, -0.25) is 0 Å². The van der Waals surface area contributed by atoms with Gasteiger partial charge in [-0.1, -0.05) is 35.9 Å². The minimum Gasteiger partial charge on any atom is -0.236 e. The maximum atomic E-state index is 12.5. The van der Waals surface area contributed by atoms with Gasteiger partial charge < -0.3 is 0 Å². The predicted octanol–water partition coefficient (Wildman–Crippen LogP) is 0.297. The van der Waals surface area contributed by atoms with E-state index in [2.05, 4.69) is 6.07 Å². The predicted molar refractivity (Wildman–Crippen MR) is 50.7 cm³/mol. The van der Waals surface area contributed by atoms with Crippen LogP contribution in [0.2, 0.25) is 0 Å². The molecule has 0 nitrogen and oxygen atoms in total. The Balaban J connectivity index is 0.000000980. The molecule has 0 unspecified atom stereocenters. The van der Waals surface area contributed by atoms with Crippen molar-refractivity contribution in [3.63, 3.8) is 0 Å². The van der Waals surface area contributed by atoms with Crippen molar-refractivity contribution >= 4 is 0 Å². The zero-order chi connectivity index (χ0) is 9.10. The van der Waals surface area contributed by atoms with E-state index in [0.717, 1.165) is 11.1 Å². The molecule has 2 aromatic rings. The molecule has 0 saturated carbocycles. The molecule has 0 fully saturated rings. The molecule has 0 aliphatic carbocycles. The van der Waals surface area contributed by atoms with Gasteiger partial charge in [0.2, 0.25) is 0 Å². The molecule has 0 aliphatic rings. The Morgan fingerprint density at radius 2 is 1.57 bits per heavy atom. The second-order valence-electron chi connectivity index (χ2n) is 2.79. The smallest absolute Gasteiger partial charge is 0.236 e. The number of halogens is 1. The summed E-state index contributed by atoms with van der Waals surface area (Å²) in [6.45, 7) is 0. The van der Waals surface area contributed by atoms with E-state index in [1.807, 2.05) is 30.3 Å². The van der Waals surface area contributed by atoms with E-state index in [1.165, 1.54) is 6.07 Å². The maximum Gasteiger partial charge on any atom is 1.00 e. The van der Waals surface area contributed by atoms with Gasteiger partial charge in [0, 0.05) is 5.82 Å². The molecule has 0 spiro atoms. The van der Waals surface area contributed by atoms with Crippen molar-refractivity contribution < 1.29 is 23.3 Å². The zero-order valence-corrected chi connectivity index (χ0v) is 8.00. The van der Waals surface area contributed by atoms with Crippen molar-refractivity contribution in [2.75, 3.05) is 0 Å². The van der Waals surface area contributed by atoms with E-state index in [1.54, 1.807) is 12.1 Å². The normalized spacial score (nSPS) is 9.21. The number of benzene rings is 2. The van der Waals surface area contributed by atoms with Gasteiger partial charge in [0.15, 0.2) is 0 Å². The average Bonchev–Trinajstić information content (AvgIpc) is 2.20. The summed E-state index contributed by atoms with van der Waals surface area (Å²) in [7, 11) is 0. The Morgan fingerprint density at radius 1 is 0.857 bits per heavy atom. The van der Waals surface area contributed by atoms with E-state index < -0.39 is 0 Å². The Labute approximate surface area is 95.0 Å². The minimum absolute atomic E-state index is 0. The molecule has 2 aromatic carbocycles. The maximum absolute atomic E-state index is 12.5. The quantitative estimate of drug-likeness (QED) is 0.435. The van der Waals surface area contributed by atoms with Crippen molar-refractivity contribution in [1.29, 1.82) is 0 Å². The summed E-state index contributed by atoms with van der Waals surface area (Å²) in [5.41, 5.74) is 2.07. The molecular formula is C12H8FLi. The van der Waals surface area contributed by atoms with Crippen LogP contribution in [0.5, 0.6) is 0 Å². The van der Waals surface area contributed by atoms with Crippen LogP contribution in [0.15, 0.2) is 48.5 Å². The van der Waals surface area contributed by atoms with Gasteiger partial charge in [-0.05, 0) is 0 Å². The summed E-state index contributed by atoms with van der Waals surface area (Å²) < 4.78 is 12.5. The minimum atomic E-state index is -0.320. The van der Waals surface area contributed by atoms with Crippen LogP contribution >= 0.6 is 0 Å².